The molecule has 1 aromatic rings. The van der Waals surface area contributed by atoms with Crippen molar-refractivity contribution in [3.05, 3.63) is 35.4 Å². The lowest BCUT2D eigenvalue weighted by Gasteiger charge is -2.12. The van der Waals surface area contributed by atoms with Gasteiger partial charge in [0.1, 0.15) is 0 Å². The molecule has 1 aromatic carbocycles. The van der Waals surface area contributed by atoms with Crippen LogP contribution >= 0.6 is 11.6 Å². The highest BCUT2D eigenvalue weighted by Crippen LogP contribution is 2.28. The van der Waals surface area contributed by atoms with Crippen LogP contribution in [0.25, 0.3) is 0 Å². The summed E-state index contributed by atoms with van der Waals surface area (Å²) in [5, 5.41) is 0. The molecule has 0 radical (unpaired) electrons. The minimum atomic E-state index is -0.245. The first-order chi connectivity index (χ1) is 7.70. The van der Waals surface area contributed by atoms with Gasteiger partial charge in [-0.05, 0) is 11.5 Å². The normalized spacial score (nSPS) is 25.2. The van der Waals surface area contributed by atoms with Gasteiger partial charge in [0.2, 0.25) is 0 Å². The number of hydrogen-bond donors (Lipinski definition) is 0. The Hall–Kier alpha value is -0.570. The van der Waals surface area contributed by atoms with Gasteiger partial charge in [0.05, 0.1) is 18.6 Å². The zero-order valence-electron chi connectivity index (χ0n) is 9.65. The van der Waals surface area contributed by atoms with Gasteiger partial charge < -0.3 is 9.47 Å². The molecular weight excluding hydrogens is 224 g/mol. The zero-order chi connectivity index (χ0) is 11.5. The first-order valence-corrected chi connectivity index (χ1v) is 6.17. The Morgan fingerprint density at radius 3 is 2.50 bits per heavy atom. The molecule has 0 aliphatic carbocycles. The molecule has 0 spiro atoms. The van der Waals surface area contributed by atoms with Crippen LogP contribution in [0.1, 0.15) is 37.2 Å². The van der Waals surface area contributed by atoms with Crippen LogP contribution in [0.5, 0.6) is 0 Å². The van der Waals surface area contributed by atoms with Crippen molar-refractivity contribution < 1.29 is 9.47 Å². The SMILES string of the molecule is CC(C)c1ccc([C@@H]2OC[C@@H](CCl)O2)cc1. The van der Waals surface area contributed by atoms with Gasteiger partial charge in [-0.2, -0.15) is 0 Å². The van der Waals surface area contributed by atoms with E-state index in [-0.39, 0.29) is 12.4 Å². The Labute approximate surface area is 102 Å². The van der Waals surface area contributed by atoms with Gasteiger partial charge in [-0.1, -0.05) is 38.1 Å². The maximum Gasteiger partial charge on any atom is 0.184 e. The van der Waals surface area contributed by atoms with E-state index in [4.69, 9.17) is 21.1 Å². The summed E-state index contributed by atoms with van der Waals surface area (Å²) in [5.41, 5.74) is 2.40. The van der Waals surface area contributed by atoms with Crippen LogP contribution in [-0.4, -0.2) is 18.6 Å². The van der Waals surface area contributed by atoms with E-state index >= 15 is 0 Å². The third-order valence-corrected chi connectivity index (χ3v) is 3.14. The molecule has 0 unspecified atom stereocenters. The van der Waals surface area contributed by atoms with Crippen LogP contribution in [0.3, 0.4) is 0 Å². The van der Waals surface area contributed by atoms with Crippen LogP contribution in [0.2, 0.25) is 0 Å². The molecule has 2 rings (SSSR count). The van der Waals surface area contributed by atoms with Crippen molar-refractivity contribution in [3.63, 3.8) is 0 Å². The monoisotopic (exact) mass is 240 g/mol. The lowest BCUT2D eigenvalue weighted by atomic mass is 10.0. The van der Waals surface area contributed by atoms with Gasteiger partial charge >= 0.3 is 0 Å². The molecule has 0 amide bonds. The summed E-state index contributed by atoms with van der Waals surface area (Å²) in [5.74, 6) is 1.04. The summed E-state index contributed by atoms with van der Waals surface area (Å²) in [6, 6.07) is 8.38. The molecule has 2 nitrogen and oxygen atoms in total. The van der Waals surface area contributed by atoms with Gasteiger partial charge in [0.25, 0.3) is 0 Å². The molecule has 1 saturated heterocycles. The first kappa shape index (κ1) is 11.9. The van der Waals surface area contributed by atoms with E-state index in [1.807, 2.05) is 0 Å². The molecule has 3 heteroatoms. The van der Waals surface area contributed by atoms with Crippen molar-refractivity contribution in [3.8, 4) is 0 Å². The summed E-state index contributed by atoms with van der Waals surface area (Å²) in [7, 11) is 0. The van der Waals surface area contributed by atoms with Gasteiger partial charge in [-0.3, -0.25) is 0 Å². The molecule has 0 N–H and O–H groups in total. The van der Waals surface area contributed by atoms with E-state index in [9.17, 15) is 0 Å². The maximum atomic E-state index is 5.72. The van der Waals surface area contributed by atoms with Crippen LogP contribution in [0, 0.1) is 0 Å². The average Bonchev–Trinajstić information content (AvgIpc) is 2.77. The standard InChI is InChI=1S/C13H17ClO2/c1-9(2)10-3-5-11(6-4-10)13-15-8-12(7-14)16-13/h3-6,9,12-13H,7-8H2,1-2H3/t12-,13-/m1/s1. The summed E-state index contributed by atoms with van der Waals surface area (Å²) in [4.78, 5) is 0. The van der Waals surface area contributed by atoms with Crippen LogP contribution in [-0.2, 0) is 9.47 Å². The minimum absolute atomic E-state index is 0.0245. The second-order valence-electron chi connectivity index (χ2n) is 4.40. The van der Waals surface area contributed by atoms with Crippen LogP contribution in [0.15, 0.2) is 24.3 Å². The number of benzene rings is 1. The third kappa shape index (κ3) is 2.57. The molecule has 1 aliphatic heterocycles. The minimum Gasteiger partial charge on any atom is -0.346 e. The predicted octanol–water partition coefficient (Wildman–Crippen LogP) is 3.46. The molecule has 16 heavy (non-hydrogen) atoms. The molecule has 0 bridgehead atoms. The van der Waals surface area contributed by atoms with E-state index in [1.54, 1.807) is 0 Å². The fraction of sp³-hybridized carbons (Fsp3) is 0.538. The average molecular weight is 241 g/mol. The molecule has 2 atom stereocenters. The Balaban J connectivity index is 2.05. The Bertz CT molecular complexity index is 334. The van der Waals surface area contributed by atoms with E-state index in [0.717, 1.165) is 5.56 Å². The molecule has 1 fully saturated rings. The number of ether oxygens (including phenoxy) is 2. The van der Waals surface area contributed by atoms with Gasteiger partial charge in [0.15, 0.2) is 6.29 Å². The van der Waals surface area contributed by atoms with Crippen LogP contribution in [0.4, 0.5) is 0 Å². The number of hydrogen-bond acceptors (Lipinski definition) is 2. The van der Waals surface area contributed by atoms with E-state index in [2.05, 4.69) is 38.1 Å². The zero-order valence-corrected chi connectivity index (χ0v) is 10.4. The quantitative estimate of drug-likeness (QED) is 0.754. The Kier molecular flexibility index (Phi) is 3.85. The first-order valence-electron chi connectivity index (χ1n) is 5.63. The molecule has 0 saturated carbocycles. The van der Waals surface area contributed by atoms with E-state index in [0.29, 0.717) is 18.4 Å². The lowest BCUT2D eigenvalue weighted by Crippen LogP contribution is -2.10. The fourth-order valence-corrected chi connectivity index (χ4v) is 1.90. The van der Waals surface area contributed by atoms with Crippen molar-refractivity contribution in [2.75, 3.05) is 12.5 Å². The van der Waals surface area contributed by atoms with Crippen molar-refractivity contribution in [1.82, 2.24) is 0 Å². The highest BCUT2D eigenvalue weighted by Gasteiger charge is 2.26. The smallest absolute Gasteiger partial charge is 0.184 e. The lowest BCUT2D eigenvalue weighted by molar-refractivity contribution is -0.0567. The number of rotatable bonds is 3. The van der Waals surface area contributed by atoms with Gasteiger partial charge in [-0.15, -0.1) is 11.6 Å². The van der Waals surface area contributed by atoms with E-state index < -0.39 is 0 Å². The third-order valence-electron chi connectivity index (χ3n) is 2.80. The molecule has 88 valence electrons. The largest absolute Gasteiger partial charge is 0.346 e. The summed E-state index contributed by atoms with van der Waals surface area (Å²) < 4.78 is 11.2. The Morgan fingerprint density at radius 1 is 1.31 bits per heavy atom. The van der Waals surface area contributed by atoms with Gasteiger partial charge in [-0.25, -0.2) is 0 Å². The van der Waals surface area contributed by atoms with Crippen molar-refractivity contribution >= 4 is 11.6 Å². The maximum absolute atomic E-state index is 5.72. The van der Waals surface area contributed by atoms with Crippen molar-refractivity contribution in [2.24, 2.45) is 0 Å². The highest BCUT2D eigenvalue weighted by atomic mass is 35.5. The second kappa shape index (κ2) is 5.17. The van der Waals surface area contributed by atoms with E-state index in [1.165, 1.54) is 5.56 Å². The van der Waals surface area contributed by atoms with Crippen LogP contribution < -0.4 is 0 Å². The second-order valence-corrected chi connectivity index (χ2v) is 4.71. The molecular formula is C13H17ClO2. The highest BCUT2D eigenvalue weighted by molar-refractivity contribution is 6.18. The fourth-order valence-electron chi connectivity index (χ4n) is 1.74. The van der Waals surface area contributed by atoms with Crippen molar-refractivity contribution in [2.45, 2.75) is 32.2 Å². The van der Waals surface area contributed by atoms with Gasteiger partial charge in [0, 0.05) is 5.56 Å². The molecule has 1 aliphatic rings. The number of alkyl halides is 1. The topological polar surface area (TPSA) is 18.5 Å². The summed E-state index contributed by atoms with van der Waals surface area (Å²) >= 11 is 5.72. The van der Waals surface area contributed by atoms with Crippen molar-refractivity contribution in [1.29, 1.82) is 0 Å². The summed E-state index contributed by atoms with van der Waals surface area (Å²) in [6.45, 7) is 4.95. The predicted molar refractivity (Wildman–Crippen MR) is 64.8 cm³/mol. The Morgan fingerprint density at radius 2 is 2.00 bits per heavy atom. The number of halogens is 1. The summed E-state index contributed by atoms with van der Waals surface area (Å²) in [6.07, 6.45) is -0.221. The molecule has 0 aromatic heterocycles. The molecule has 1 heterocycles.